The molecule has 0 radical (unpaired) electrons. The molecule has 0 N–H and O–H groups in total. The Hall–Kier alpha value is -2.30. The Kier molecular flexibility index (Phi) is 11.5. The number of likely N-dealkylation sites (tertiary alicyclic amines) is 1. The van der Waals surface area contributed by atoms with Crippen LogP contribution in [0.1, 0.15) is 55.9 Å². The molecule has 0 amide bonds. The molecule has 4 nitrogen and oxygen atoms in total. The summed E-state index contributed by atoms with van der Waals surface area (Å²) in [6.07, 6.45) is 5.84. The number of benzene rings is 2. The van der Waals surface area contributed by atoms with Crippen LogP contribution in [0.5, 0.6) is 0 Å². The third kappa shape index (κ3) is 7.35. The molecule has 0 bridgehead atoms. The van der Waals surface area contributed by atoms with Gasteiger partial charge in [0.05, 0.1) is 18.8 Å². The zero-order valence-corrected chi connectivity index (χ0v) is 21.0. The molecule has 2 aromatic carbocycles. The van der Waals surface area contributed by atoms with Crippen LogP contribution in [-0.2, 0) is 27.1 Å². The summed E-state index contributed by atoms with van der Waals surface area (Å²) in [5.74, 6) is -0.0738. The number of halogens is 1. The van der Waals surface area contributed by atoms with E-state index >= 15 is 0 Å². The van der Waals surface area contributed by atoms with Crippen LogP contribution < -0.4 is 0 Å². The van der Waals surface area contributed by atoms with Gasteiger partial charge in [-0.2, -0.15) is 0 Å². The molecule has 1 atom stereocenters. The quantitative estimate of drug-likeness (QED) is 0.245. The van der Waals surface area contributed by atoms with Crippen LogP contribution >= 0.6 is 12.4 Å². The Bertz CT molecular complexity index is 862. The molecule has 2 aromatic rings. The van der Waals surface area contributed by atoms with Crippen molar-refractivity contribution >= 4 is 23.9 Å². The SMILES string of the molecule is CCOC(=O)[C@@H]1CCCN(CCOC=C(c2ccccc2CC)c2ccccc2CC)C1.Cl. The highest BCUT2D eigenvalue weighted by Gasteiger charge is 2.26. The smallest absolute Gasteiger partial charge is 0.310 e. The lowest BCUT2D eigenvalue weighted by molar-refractivity contribution is -0.150. The monoisotopic (exact) mass is 471 g/mol. The molecule has 0 unspecified atom stereocenters. The number of nitrogens with zero attached hydrogens (tertiary/aromatic N) is 1. The van der Waals surface area contributed by atoms with Crippen LogP contribution in [-0.4, -0.2) is 43.7 Å². The summed E-state index contributed by atoms with van der Waals surface area (Å²) in [6.45, 7) is 9.88. The van der Waals surface area contributed by atoms with Crippen molar-refractivity contribution in [2.24, 2.45) is 5.92 Å². The normalized spacial score (nSPS) is 15.9. The van der Waals surface area contributed by atoms with Gasteiger partial charge >= 0.3 is 5.97 Å². The van der Waals surface area contributed by atoms with Gasteiger partial charge in [-0.1, -0.05) is 62.4 Å². The second-order valence-electron chi connectivity index (χ2n) is 8.32. The number of carbonyl (C=O) groups is 1. The van der Waals surface area contributed by atoms with Crippen LogP contribution in [0.3, 0.4) is 0 Å². The minimum absolute atomic E-state index is 0. The minimum Gasteiger partial charge on any atom is -0.499 e. The van der Waals surface area contributed by atoms with Crippen LogP contribution in [0.25, 0.3) is 5.57 Å². The number of hydrogen-bond acceptors (Lipinski definition) is 4. The molecule has 3 rings (SSSR count). The van der Waals surface area contributed by atoms with Gasteiger partial charge in [-0.15, -0.1) is 12.4 Å². The second kappa shape index (κ2) is 14.1. The van der Waals surface area contributed by atoms with Crippen molar-refractivity contribution in [2.75, 3.05) is 32.8 Å². The summed E-state index contributed by atoms with van der Waals surface area (Å²) in [4.78, 5) is 14.4. The van der Waals surface area contributed by atoms with E-state index in [0.29, 0.717) is 13.2 Å². The molecule has 1 fully saturated rings. The van der Waals surface area contributed by atoms with Crippen LogP contribution in [0.2, 0.25) is 0 Å². The summed E-state index contributed by atoms with van der Waals surface area (Å²) >= 11 is 0. The lowest BCUT2D eigenvalue weighted by atomic mass is 9.90. The fourth-order valence-corrected chi connectivity index (χ4v) is 4.49. The molecule has 0 aromatic heterocycles. The van der Waals surface area contributed by atoms with Crippen LogP contribution in [0, 0.1) is 5.92 Å². The standard InChI is InChI=1S/C28H37NO3.ClH/c1-4-22-12-7-9-15-25(22)27(26-16-10-8-13-23(26)5-2)21-31-19-18-29-17-11-14-24(20-29)28(30)32-6-3;/h7-10,12-13,15-16,21,24H,4-6,11,14,17-20H2,1-3H3;1H/t24-;/m1./s1. The van der Waals surface area contributed by atoms with E-state index in [1.807, 2.05) is 13.2 Å². The molecular formula is C28H38ClNO3. The predicted octanol–water partition coefficient (Wildman–Crippen LogP) is 5.91. The van der Waals surface area contributed by atoms with Gasteiger partial charge in [0.15, 0.2) is 0 Å². The van der Waals surface area contributed by atoms with Gasteiger partial charge in [-0.25, -0.2) is 0 Å². The highest BCUT2D eigenvalue weighted by Crippen LogP contribution is 2.29. The molecule has 1 heterocycles. The second-order valence-corrected chi connectivity index (χ2v) is 8.32. The first-order valence-corrected chi connectivity index (χ1v) is 12.0. The number of rotatable bonds is 10. The van der Waals surface area contributed by atoms with Crippen molar-refractivity contribution in [1.82, 2.24) is 4.90 Å². The lowest BCUT2D eigenvalue weighted by Gasteiger charge is -2.31. The summed E-state index contributed by atoms with van der Waals surface area (Å²) in [6, 6.07) is 17.2. The largest absolute Gasteiger partial charge is 0.499 e. The van der Waals surface area contributed by atoms with Gasteiger partial charge in [0, 0.05) is 18.7 Å². The van der Waals surface area contributed by atoms with Gasteiger partial charge in [0.25, 0.3) is 0 Å². The third-order valence-electron chi connectivity index (χ3n) is 6.23. The maximum absolute atomic E-state index is 12.1. The predicted molar refractivity (Wildman–Crippen MR) is 138 cm³/mol. The summed E-state index contributed by atoms with van der Waals surface area (Å²) < 4.78 is 11.4. The van der Waals surface area contributed by atoms with Gasteiger partial charge in [0.1, 0.15) is 6.61 Å². The van der Waals surface area contributed by atoms with Crippen molar-refractivity contribution in [3.8, 4) is 0 Å². The number of esters is 1. The molecule has 33 heavy (non-hydrogen) atoms. The lowest BCUT2D eigenvalue weighted by Crippen LogP contribution is -2.40. The van der Waals surface area contributed by atoms with E-state index in [9.17, 15) is 4.79 Å². The Morgan fingerprint density at radius 2 is 1.61 bits per heavy atom. The van der Waals surface area contributed by atoms with E-state index in [4.69, 9.17) is 9.47 Å². The molecule has 0 saturated carbocycles. The summed E-state index contributed by atoms with van der Waals surface area (Å²) in [7, 11) is 0. The van der Waals surface area contributed by atoms with E-state index in [0.717, 1.165) is 50.9 Å². The van der Waals surface area contributed by atoms with E-state index in [1.54, 1.807) is 0 Å². The van der Waals surface area contributed by atoms with Crippen LogP contribution in [0.4, 0.5) is 0 Å². The number of aryl methyl sites for hydroxylation is 2. The summed E-state index contributed by atoms with van der Waals surface area (Å²) in [5.41, 5.74) is 6.25. The molecule has 180 valence electrons. The number of carbonyl (C=O) groups excluding carboxylic acids is 1. The Morgan fingerprint density at radius 1 is 1.00 bits per heavy atom. The van der Waals surface area contributed by atoms with Crippen molar-refractivity contribution in [3.63, 3.8) is 0 Å². The fourth-order valence-electron chi connectivity index (χ4n) is 4.49. The van der Waals surface area contributed by atoms with Crippen LogP contribution in [0.15, 0.2) is 54.8 Å². The van der Waals surface area contributed by atoms with Crippen molar-refractivity contribution in [2.45, 2.75) is 46.5 Å². The van der Waals surface area contributed by atoms with Crippen molar-refractivity contribution in [3.05, 3.63) is 77.0 Å². The van der Waals surface area contributed by atoms with Gasteiger partial charge in [-0.05, 0) is 61.4 Å². The van der Waals surface area contributed by atoms with E-state index in [2.05, 4.69) is 67.3 Å². The average molecular weight is 472 g/mol. The van der Waals surface area contributed by atoms with E-state index < -0.39 is 0 Å². The van der Waals surface area contributed by atoms with Gasteiger partial charge in [-0.3, -0.25) is 9.69 Å². The first-order valence-electron chi connectivity index (χ1n) is 12.0. The maximum atomic E-state index is 12.1. The minimum atomic E-state index is -0.0624. The highest BCUT2D eigenvalue weighted by atomic mass is 35.5. The summed E-state index contributed by atoms with van der Waals surface area (Å²) in [5, 5.41) is 0. The Labute approximate surface area is 205 Å². The molecule has 5 heteroatoms. The van der Waals surface area contributed by atoms with Crippen molar-refractivity contribution < 1.29 is 14.3 Å². The molecule has 0 spiro atoms. The van der Waals surface area contributed by atoms with E-state index in [1.165, 1.54) is 22.3 Å². The zero-order chi connectivity index (χ0) is 22.8. The van der Waals surface area contributed by atoms with Gasteiger partial charge in [0.2, 0.25) is 0 Å². The Morgan fingerprint density at radius 3 is 2.18 bits per heavy atom. The third-order valence-corrected chi connectivity index (χ3v) is 6.23. The molecule has 1 aliphatic heterocycles. The molecule has 1 saturated heterocycles. The fraction of sp³-hybridized carbons (Fsp3) is 0.464. The first-order chi connectivity index (χ1) is 15.7. The number of ether oxygens (including phenoxy) is 2. The molecule has 1 aliphatic rings. The number of hydrogen-bond donors (Lipinski definition) is 0. The first kappa shape index (κ1) is 26.9. The van der Waals surface area contributed by atoms with Crippen molar-refractivity contribution in [1.29, 1.82) is 0 Å². The zero-order valence-electron chi connectivity index (χ0n) is 20.2. The molecule has 0 aliphatic carbocycles. The van der Waals surface area contributed by atoms with E-state index in [-0.39, 0.29) is 24.3 Å². The topological polar surface area (TPSA) is 38.8 Å². The average Bonchev–Trinajstić information content (AvgIpc) is 2.84. The highest BCUT2D eigenvalue weighted by molar-refractivity contribution is 5.85. The Balaban J connectivity index is 0.00000385. The molecular weight excluding hydrogens is 434 g/mol. The van der Waals surface area contributed by atoms with Gasteiger partial charge < -0.3 is 9.47 Å². The maximum Gasteiger partial charge on any atom is 0.310 e. The number of piperidine rings is 1.